The van der Waals surface area contributed by atoms with Gasteiger partial charge in [-0.1, -0.05) is 29.8 Å². The van der Waals surface area contributed by atoms with Gasteiger partial charge in [0.1, 0.15) is 5.65 Å². The number of piperidine rings is 1. The molecule has 6 rings (SSSR count). The van der Waals surface area contributed by atoms with Gasteiger partial charge in [0.05, 0.1) is 11.4 Å². The fourth-order valence-corrected chi connectivity index (χ4v) is 4.11. The summed E-state index contributed by atoms with van der Waals surface area (Å²) in [6.45, 7) is 3.17. The van der Waals surface area contributed by atoms with Crippen LogP contribution in [0.1, 0.15) is 12.1 Å². The molecular formula is C19H19ClN4. The van der Waals surface area contributed by atoms with E-state index in [0.29, 0.717) is 12.1 Å². The van der Waals surface area contributed by atoms with Gasteiger partial charge in [0, 0.05) is 48.5 Å². The van der Waals surface area contributed by atoms with Crippen molar-refractivity contribution >= 4 is 17.2 Å². The van der Waals surface area contributed by atoms with Crippen LogP contribution in [0.5, 0.6) is 0 Å². The van der Waals surface area contributed by atoms with E-state index in [9.17, 15) is 0 Å². The molecule has 0 amide bonds. The second kappa shape index (κ2) is 5.59. The zero-order valence-corrected chi connectivity index (χ0v) is 14.1. The smallest absolute Gasteiger partial charge is 0.137 e. The predicted molar refractivity (Wildman–Crippen MR) is 96.2 cm³/mol. The fraction of sp³-hybridized carbons (Fsp3) is 0.316. The molecule has 0 saturated carbocycles. The highest BCUT2D eigenvalue weighted by Gasteiger charge is 2.36. The Morgan fingerprint density at radius 3 is 2.58 bits per heavy atom. The molecular weight excluding hydrogens is 320 g/mol. The Kier molecular flexibility index (Phi) is 3.37. The van der Waals surface area contributed by atoms with Crippen molar-refractivity contribution in [1.82, 2.24) is 19.6 Å². The Morgan fingerprint density at radius 2 is 1.83 bits per heavy atom. The van der Waals surface area contributed by atoms with Gasteiger partial charge in [-0.15, -0.1) is 0 Å². The molecule has 2 atom stereocenters. The first kappa shape index (κ1) is 14.5. The number of imidazole rings is 1. The largest absolute Gasteiger partial charge is 0.309 e. The molecule has 0 radical (unpaired) electrons. The molecule has 4 nitrogen and oxygen atoms in total. The van der Waals surface area contributed by atoms with Crippen molar-refractivity contribution in [3.63, 3.8) is 0 Å². The van der Waals surface area contributed by atoms with Crippen LogP contribution >= 0.6 is 11.6 Å². The number of benzene rings is 1. The Morgan fingerprint density at radius 1 is 1.08 bits per heavy atom. The van der Waals surface area contributed by atoms with Gasteiger partial charge in [0.2, 0.25) is 0 Å². The van der Waals surface area contributed by atoms with Gasteiger partial charge in [0.15, 0.2) is 0 Å². The minimum Gasteiger partial charge on any atom is -0.309 e. The lowest BCUT2D eigenvalue weighted by molar-refractivity contribution is 0.0716. The lowest BCUT2D eigenvalue weighted by atomic mass is 9.91. The number of hydrogen-bond donors (Lipinski definition) is 1. The first-order valence-electron chi connectivity index (χ1n) is 8.46. The van der Waals surface area contributed by atoms with Crippen LogP contribution in [-0.4, -0.2) is 39.5 Å². The molecule has 3 fully saturated rings. The second-order valence-electron chi connectivity index (χ2n) is 6.83. The van der Waals surface area contributed by atoms with Crippen LogP contribution in [-0.2, 0) is 6.54 Å². The summed E-state index contributed by atoms with van der Waals surface area (Å²) in [5, 5.41) is 4.36. The minimum atomic E-state index is 0.668. The van der Waals surface area contributed by atoms with E-state index in [-0.39, 0.29) is 0 Å². The predicted octanol–water partition coefficient (Wildman–Crippen LogP) is 3.20. The number of nitrogens with zero attached hydrogens (tertiary/aromatic N) is 3. The van der Waals surface area contributed by atoms with Crippen molar-refractivity contribution < 1.29 is 0 Å². The quantitative estimate of drug-likeness (QED) is 0.796. The first-order valence-corrected chi connectivity index (χ1v) is 8.84. The lowest BCUT2D eigenvalue weighted by Gasteiger charge is -2.48. The maximum Gasteiger partial charge on any atom is 0.137 e. The van der Waals surface area contributed by atoms with E-state index in [2.05, 4.69) is 45.1 Å². The number of hydrogen-bond acceptors (Lipinski definition) is 3. The van der Waals surface area contributed by atoms with E-state index in [1.807, 2.05) is 18.2 Å². The molecule has 2 bridgehead atoms. The van der Waals surface area contributed by atoms with Gasteiger partial charge in [-0.2, -0.15) is 0 Å². The van der Waals surface area contributed by atoms with Crippen molar-refractivity contribution in [3.05, 3.63) is 59.4 Å². The second-order valence-corrected chi connectivity index (χ2v) is 7.27. The molecule has 3 aliphatic rings. The van der Waals surface area contributed by atoms with Crippen molar-refractivity contribution in [1.29, 1.82) is 0 Å². The molecule has 2 unspecified atom stereocenters. The molecule has 3 saturated heterocycles. The molecule has 2 aromatic heterocycles. The molecule has 0 aliphatic carbocycles. The zero-order chi connectivity index (χ0) is 16.1. The van der Waals surface area contributed by atoms with E-state index < -0.39 is 0 Å². The topological polar surface area (TPSA) is 32.6 Å². The van der Waals surface area contributed by atoms with Gasteiger partial charge < -0.3 is 9.72 Å². The van der Waals surface area contributed by atoms with Gasteiger partial charge in [-0.25, -0.2) is 4.98 Å². The number of pyridine rings is 1. The van der Waals surface area contributed by atoms with Crippen molar-refractivity contribution in [2.24, 2.45) is 0 Å². The minimum absolute atomic E-state index is 0.668. The summed E-state index contributed by atoms with van der Waals surface area (Å²) in [7, 11) is 0. The molecule has 5 heterocycles. The van der Waals surface area contributed by atoms with Crippen molar-refractivity contribution in [2.75, 3.05) is 13.1 Å². The average Bonchev–Trinajstić information content (AvgIpc) is 2.94. The normalized spacial score (nSPS) is 23.4. The maximum atomic E-state index is 6.05. The molecule has 24 heavy (non-hydrogen) atoms. The Hall–Kier alpha value is -1.88. The van der Waals surface area contributed by atoms with Crippen LogP contribution in [0.15, 0.2) is 48.7 Å². The third-order valence-electron chi connectivity index (χ3n) is 5.12. The number of fused-ring (bicyclic) bond motifs is 3. The van der Waals surface area contributed by atoms with E-state index in [0.717, 1.165) is 41.6 Å². The number of nitrogens with one attached hydrogen (secondary N) is 1. The SMILES string of the molecule is Clc1ccc(-c2nc3ccccn3c2CN2CC3CC(C2)N3)cc1. The molecule has 3 aliphatic heterocycles. The highest BCUT2D eigenvalue weighted by atomic mass is 35.5. The van der Waals surface area contributed by atoms with E-state index in [4.69, 9.17) is 16.6 Å². The lowest BCUT2D eigenvalue weighted by Crippen LogP contribution is -2.66. The highest BCUT2D eigenvalue weighted by Crippen LogP contribution is 2.29. The number of rotatable bonds is 3. The maximum absolute atomic E-state index is 6.05. The summed E-state index contributed by atoms with van der Waals surface area (Å²) in [6, 6.07) is 15.5. The molecule has 1 aromatic carbocycles. The van der Waals surface area contributed by atoms with Crippen LogP contribution in [0.3, 0.4) is 0 Å². The van der Waals surface area contributed by atoms with Crippen molar-refractivity contribution in [3.8, 4) is 11.3 Å². The Bertz CT molecular complexity index is 870. The standard InChI is InChI=1S/C19H19ClN4/c20-14-6-4-13(5-7-14)19-17(24-8-2-1-3-18(24)22-19)12-23-10-15-9-16(11-23)21-15/h1-8,15-16,21H,9-12H2. The van der Waals surface area contributed by atoms with Crippen molar-refractivity contribution in [2.45, 2.75) is 25.0 Å². The summed E-state index contributed by atoms with van der Waals surface area (Å²) < 4.78 is 2.22. The van der Waals surface area contributed by atoms with Gasteiger partial charge in [0.25, 0.3) is 0 Å². The summed E-state index contributed by atoms with van der Waals surface area (Å²) in [4.78, 5) is 7.43. The molecule has 1 N–H and O–H groups in total. The Balaban J connectivity index is 1.57. The summed E-state index contributed by atoms with van der Waals surface area (Å²) >= 11 is 6.05. The fourth-order valence-electron chi connectivity index (χ4n) is 3.98. The van der Waals surface area contributed by atoms with Crippen LogP contribution in [0.4, 0.5) is 0 Å². The number of halogens is 1. The summed E-state index contributed by atoms with van der Waals surface area (Å²) in [6.07, 6.45) is 3.44. The first-order chi connectivity index (χ1) is 11.8. The average molecular weight is 339 g/mol. The van der Waals surface area contributed by atoms with Crippen LogP contribution in [0.2, 0.25) is 5.02 Å². The summed E-state index contributed by atoms with van der Waals surface area (Å²) in [5.74, 6) is 0. The number of piperazine rings is 1. The third-order valence-corrected chi connectivity index (χ3v) is 5.37. The van der Waals surface area contributed by atoms with Crippen LogP contribution in [0.25, 0.3) is 16.9 Å². The zero-order valence-electron chi connectivity index (χ0n) is 13.3. The third kappa shape index (κ3) is 2.42. The molecule has 122 valence electrons. The number of aromatic nitrogens is 2. The van der Waals surface area contributed by atoms with E-state index in [1.165, 1.54) is 12.1 Å². The summed E-state index contributed by atoms with van der Waals surface area (Å²) in [5.41, 5.74) is 4.44. The Labute approximate surface area is 146 Å². The highest BCUT2D eigenvalue weighted by molar-refractivity contribution is 6.30. The van der Waals surface area contributed by atoms with Gasteiger partial charge in [-0.3, -0.25) is 4.90 Å². The van der Waals surface area contributed by atoms with Crippen LogP contribution < -0.4 is 5.32 Å². The monoisotopic (exact) mass is 338 g/mol. The van der Waals surface area contributed by atoms with E-state index >= 15 is 0 Å². The molecule has 0 spiro atoms. The van der Waals surface area contributed by atoms with E-state index in [1.54, 1.807) is 0 Å². The molecule has 3 aromatic rings. The van der Waals surface area contributed by atoms with Crippen LogP contribution in [0, 0.1) is 0 Å². The van der Waals surface area contributed by atoms with Gasteiger partial charge in [-0.05, 0) is 30.7 Å². The van der Waals surface area contributed by atoms with Gasteiger partial charge >= 0.3 is 0 Å². The molecule has 5 heteroatoms.